The van der Waals surface area contributed by atoms with Crippen molar-refractivity contribution in [1.82, 2.24) is 4.90 Å². The third-order valence-electron chi connectivity index (χ3n) is 9.79. The van der Waals surface area contributed by atoms with Gasteiger partial charge in [0.15, 0.2) is 11.6 Å². The molecule has 2 heterocycles. The van der Waals surface area contributed by atoms with Gasteiger partial charge in [-0.3, -0.25) is 14.5 Å². The molecular weight excluding hydrogens is 498 g/mol. The van der Waals surface area contributed by atoms with Gasteiger partial charge in [-0.2, -0.15) is 0 Å². The van der Waals surface area contributed by atoms with Gasteiger partial charge in [-0.05, 0) is 58.4 Å². The molecule has 8 rings (SSSR count). The average Bonchev–Trinajstić information content (AvgIpc) is 3.61. The first-order valence-electron chi connectivity index (χ1n) is 13.9. The summed E-state index contributed by atoms with van der Waals surface area (Å²) in [6, 6.07) is 33.3. The number of carbonyl (C=O) groups is 2. The minimum absolute atomic E-state index is 0.0609. The number of allylic oxidation sites excluding steroid dienone is 1. The topological polar surface area (TPSA) is 37.4 Å². The molecule has 4 aromatic rings. The second-order valence-corrected chi connectivity index (χ2v) is 12.4. The van der Waals surface area contributed by atoms with Crippen molar-refractivity contribution in [3.63, 3.8) is 0 Å². The van der Waals surface area contributed by atoms with Gasteiger partial charge in [-0.25, -0.2) is 0 Å². The van der Waals surface area contributed by atoms with Crippen LogP contribution in [0.15, 0.2) is 103 Å². The highest BCUT2D eigenvalue weighted by molar-refractivity contribution is 7.99. The van der Waals surface area contributed by atoms with E-state index < -0.39 is 11.0 Å². The van der Waals surface area contributed by atoms with Crippen molar-refractivity contribution in [2.24, 2.45) is 5.41 Å². The maximum atomic E-state index is 15.3. The van der Waals surface area contributed by atoms with Crippen molar-refractivity contribution in [2.45, 2.75) is 36.8 Å². The van der Waals surface area contributed by atoms with Crippen molar-refractivity contribution in [2.75, 3.05) is 11.6 Å². The van der Waals surface area contributed by atoms with Crippen LogP contribution in [0.4, 0.5) is 0 Å². The normalized spacial score (nSPS) is 30.7. The van der Waals surface area contributed by atoms with Gasteiger partial charge < -0.3 is 0 Å². The van der Waals surface area contributed by atoms with Gasteiger partial charge in [0, 0.05) is 29.2 Å². The summed E-state index contributed by atoms with van der Waals surface area (Å²) in [5.74, 6) is 1.91. The lowest BCUT2D eigenvalue weighted by Gasteiger charge is -2.50. The number of ketones is 2. The van der Waals surface area contributed by atoms with Crippen LogP contribution in [-0.4, -0.2) is 34.1 Å². The number of fused-ring (bicyclic) bond motifs is 4. The molecule has 0 aromatic heterocycles. The zero-order valence-corrected chi connectivity index (χ0v) is 22.5. The fraction of sp³-hybridized carbons (Fsp3) is 0.257. The van der Waals surface area contributed by atoms with Crippen LogP contribution in [0.25, 0.3) is 16.8 Å². The predicted molar refractivity (Wildman–Crippen MR) is 158 cm³/mol. The number of carbonyl (C=O) groups excluding carboxylic acids is 2. The summed E-state index contributed by atoms with van der Waals surface area (Å²) in [5.41, 5.74) is 3.02. The van der Waals surface area contributed by atoms with Gasteiger partial charge in [-0.1, -0.05) is 97.1 Å². The van der Waals surface area contributed by atoms with E-state index in [1.165, 1.54) is 5.56 Å². The Balaban J connectivity index is 1.46. The number of rotatable bonds is 2. The molecule has 4 atom stereocenters. The van der Waals surface area contributed by atoms with E-state index in [2.05, 4.69) is 71.6 Å². The Bertz CT molecular complexity index is 1670. The van der Waals surface area contributed by atoms with E-state index in [4.69, 9.17) is 0 Å². The number of nitrogens with zero attached hydrogens (tertiary/aromatic N) is 1. The molecule has 3 nitrogen and oxygen atoms in total. The van der Waals surface area contributed by atoms with E-state index in [1.54, 1.807) is 0 Å². The number of Topliss-reactive ketones (excluding diaryl/α,β-unsaturated/α-hetero) is 2. The second-order valence-electron chi connectivity index (χ2n) is 11.4. The number of thioether (sulfide) groups is 1. The molecular formula is C35H29NO2S. The van der Waals surface area contributed by atoms with Crippen molar-refractivity contribution >= 4 is 40.2 Å². The van der Waals surface area contributed by atoms with Crippen molar-refractivity contribution in [3.05, 3.63) is 125 Å². The number of hydrogen-bond acceptors (Lipinski definition) is 4. The summed E-state index contributed by atoms with van der Waals surface area (Å²) < 4.78 is 0. The van der Waals surface area contributed by atoms with Crippen molar-refractivity contribution in [1.29, 1.82) is 0 Å². The fourth-order valence-electron chi connectivity index (χ4n) is 8.53. The van der Waals surface area contributed by atoms with Gasteiger partial charge >= 0.3 is 0 Å². The third kappa shape index (κ3) is 2.89. The van der Waals surface area contributed by atoms with Crippen LogP contribution in [-0.2, 0) is 10.3 Å². The molecule has 2 aliphatic heterocycles. The Labute approximate surface area is 232 Å². The predicted octanol–water partition coefficient (Wildman–Crippen LogP) is 7.23. The molecule has 1 saturated carbocycles. The largest absolute Gasteiger partial charge is 0.294 e. The molecule has 39 heavy (non-hydrogen) atoms. The van der Waals surface area contributed by atoms with E-state index in [0.29, 0.717) is 6.42 Å². The molecule has 2 spiro atoms. The van der Waals surface area contributed by atoms with Gasteiger partial charge in [0.1, 0.15) is 5.54 Å². The monoisotopic (exact) mass is 527 g/mol. The average molecular weight is 528 g/mol. The molecule has 192 valence electrons. The zero-order valence-electron chi connectivity index (χ0n) is 21.7. The van der Waals surface area contributed by atoms with E-state index in [-0.39, 0.29) is 23.5 Å². The SMILES string of the molecule is O=C1c2cccc3cccc(c23)[C@]12N1CSC[C@H]1[C@H](c1ccccc1)[C@]21CCC/C(=C\c2ccccc2)C1=O. The molecule has 0 radical (unpaired) electrons. The highest BCUT2D eigenvalue weighted by Crippen LogP contribution is 2.71. The highest BCUT2D eigenvalue weighted by Gasteiger charge is 2.77. The first kappa shape index (κ1) is 23.4. The van der Waals surface area contributed by atoms with Crippen LogP contribution in [0.1, 0.15) is 52.2 Å². The van der Waals surface area contributed by atoms with E-state index in [9.17, 15) is 0 Å². The Hall–Kier alpha value is -3.47. The molecule has 2 aliphatic carbocycles. The Morgan fingerprint density at radius 3 is 2.36 bits per heavy atom. The van der Waals surface area contributed by atoms with Gasteiger partial charge in [0.25, 0.3) is 0 Å². The zero-order chi connectivity index (χ0) is 26.2. The minimum atomic E-state index is -1.00. The maximum absolute atomic E-state index is 15.3. The molecule has 2 saturated heterocycles. The Morgan fingerprint density at radius 1 is 0.821 bits per heavy atom. The summed E-state index contributed by atoms with van der Waals surface area (Å²) in [4.78, 5) is 32.8. The fourth-order valence-corrected chi connectivity index (χ4v) is 9.84. The van der Waals surface area contributed by atoms with Crippen LogP contribution in [0, 0.1) is 5.41 Å². The van der Waals surface area contributed by atoms with Gasteiger partial charge in [-0.15, -0.1) is 11.8 Å². The molecule has 3 fully saturated rings. The Kier molecular flexibility index (Phi) is 5.11. The quantitative estimate of drug-likeness (QED) is 0.258. The standard InChI is InChI=1S/C35H29NO2S/c37-32-26(20-23-10-3-1-4-11-23)16-9-19-34(32)31(25-12-5-2-6-13-25)29-21-39-22-36(29)35(34)28-18-8-15-24-14-7-17-27(30(24)28)33(35)38/h1-8,10-15,17-18,20,29,31H,9,16,19,21-22H2/b26-20+/t29-,31-,34-,35-/m0/s1. The molecule has 0 N–H and O–H groups in total. The van der Waals surface area contributed by atoms with Crippen LogP contribution >= 0.6 is 11.8 Å². The van der Waals surface area contributed by atoms with Crippen LogP contribution < -0.4 is 0 Å². The molecule has 4 aliphatic rings. The molecule has 0 unspecified atom stereocenters. The van der Waals surface area contributed by atoms with Crippen LogP contribution in [0.3, 0.4) is 0 Å². The first-order chi connectivity index (χ1) is 19.2. The molecule has 4 heteroatoms. The molecule has 0 amide bonds. The Morgan fingerprint density at radius 2 is 1.56 bits per heavy atom. The summed E-state index contributed by atoms with van der Waals surface area (Å²) in [5, 5.41) is 2.13. The van der Waals surface area contributed by atoms with Crippen LogP contribution in [0.5, 0.6) is 0 Å². The third-order valence-corrected chi connectivity index (χ3v) is 10.8. The van der Waals surface area contributed by atoms with E-state index in [1.807, 2.05) is 48.2 Å². The number of benzene rings is 4. The lowest BCUT2D eigenvalue weighted by Crippen LogP contribution is -2.60. The maximum Gasteiger partial charge on any atom is 0.189 e. The minimum Gasteiger partial charge on any atom is -0.294 e. The van der Waals surface area contributed by atoms with Crippen molar-refractivity contribution < 1.29 is 9.59 Å². The summed E-state index contributed by atoms with van der Waals surface area (Å²) in [6.07, 6.45) is 4.44. The van der Waals surface area contributed by atoms with Gasteiger partial charge in [0.2, 0.25) is 0 Å². The summed E-state index contributed by atoms with van der Waals surface area (Å²) in [6.45, 7) is 0. The second kappa shape index (κ2) is 8.51. The first-order valence-corrected chi connectivity index (χ1v) is 15.1. The highest BCUT2D eigenvalue weighted by atomic mass is 32.2. The smallest absolute Gasteiger partial charge is 0.189 e. The lowest BCUT2D eigenvalue weighted by atomic mass is 9.52. The van der Waals surface area contributed by atoms with Crippen molar-refractivity contribution in [3.8, 4) is 0 Å². The number of hydrogen-bond donors (Lipinski definition) is 0. The van der Waals surface area contributed by atoms with E-state index >= 15 is 9.59 Å². The lowest BCUT2D eigenvalue weighted by molar-refractivity contribution is -0.132. The molecule has 0 bridgehead atoms. The van der Waals surface area contributed by atoms with E-state index in [0.717, 1.165) is 57.5 Å². The van der Waals surface area contributed by atoms with Gasteiger partial charge in [0.05, 0.1) is 5.41 Å². The summed E-state index contributed by atoms with van der Waals surface area (Å²) >= 11 is 1.90. The summed E-state index contributed by atoms with van der Waals surface area (Å²) in [7, 11) is 0. The van der Waals surface area contributed by atoms with Crippen LogP contribution in [0.2, 0.25) is 0 Å². The molecule has 4 aromatic carbocycles.